The lowest BCUT2D eigenvalue weighted by Gasteiger charge is -2.08. The van der Waals surface area contributed by atoms with Crippen molar-refractivity contribution in [3.63, 3.8) is 0 Å². The number of carbonyl (C=O) groups is 1. The molecule has 0 fully saturated rings. The number of benzene rings is 1. The average molecular weight is 350 g/mol. The van der Waals surface area contributed by atoms with Gasteiger partial charge in [-0.15, -0.1) is 0 Å². The monoisotopic (exact) mass is 350 g/mol. The predicted molar refractivity (Wildman–Crippen MR) is 77.4 cm³/mol. The van der Waals surface area contributed by atoms with Crippen molar-refractivity contribution in [3.8, 4) is 23.0 Å². The lowest BCUT2D eigenvalue weighted by atomic mass is 10.1. The zero-order valence-corrected chi connectivity index (χ0v) is 12.3. The third-order valence-electron chi connectivity index (χ3n) is 3.02. The van der Waals surface area contributed by atoms with Gasteiger partial charge in [0, 0.05) is 11.8 Å². The zero-order chi connectivity index (χ0) is 18.0. The first kappa shape index (κ1) is 16.4. The number of amides is 1. The number of carbonyl (C=O) groups excluding carboxylic acids is 1. The summed E-state index contributed by atoms with van der Waals surface area (Å²) in [6.07, 6.45) is -3.67. The topological polar surface area (TPSA) is 120 Å². The number of halogens is 3. The highest BCUT2D eigenvalue weighted by Gasteiger charge is 2.33. The molecule has 3 rings (SSSR count). The second kappa shape index (κ2) is 6.19. The molecule has 0 saturated heterocycles. The van der Waals surface area contributed by atoms with Crippen LogP contribution in [0.4, 0.5) is 13.2 Å². The van der Waals surface area contributed by atoms with Crippen LogP contribution in [0.3, 0.4) is 0 Å². The van der Waals surface area contributed by atoms with Gasteiger partial charge in [0.15, 0.2) is 11.4 Å². The van der Waals surface area contributed by atoms with E-state index >= 15 is 0 Å². The van der Waals surface area contributed by atoms with E-state index in [1.165, 1.54) is 12.1 Å². The Bertz CT molecular complexity index is 925. The molecule has 8 nitrogen and oxygen atoms in total. The number of nitrogens with zero attached hydrogens (tertiary/aromatic N) is 4. The first-order chi connectivity index (χ1) is 11.8. The van der Waals surface area contributed by atoms with Crippen LogP contribution in [0, 0.1) is 0 Å². The van der Waals surface area contributed by atoms with Crippen LogP contribution in [0.2, 0.25) is 0 Å². The summed E-state index contributed by atoms with van der Waals surface area (Å²) in [5.74, 6) is -0.633. The quantitative estimate of drug-likeness (QED) is 0.744. The number of hydrogen-bond donors (Lipinski definition) is 2. The Morgan fingerprint density at radius 3 is 2.72 bits per heavy atom. The summed E-state index contributed by atoms with van der Waals surface area (Å²) in [7, 11) is 0. The normalized spacial score (nSPS) is 11.3. The van der Waals surface area contributed by atoms with Gasteiger partial charge in [-0.05, 0) is 18.2 Å². The van der Waals surface area contributed by atoms with Gasteiger partial charge in [0.25, 0.3) is 5.91 Å². The largest absolute Gasteiger partial charge is 0.433 e. The molecule has 0 radical (unpaired) electrons. The zero-order valence-electron chi connectivity index (χ0n) is 12.3. The number of ether oxygens (including phenoxy) is 1. The molecule has 1 amide bonds. The molecule has 0 bridgehead atoms. The fraction of sp³-hybridized carbons (Fsp3) is 0.0714. The average Bonchev–Trinajstić information content (AvgIpc) is 3.04. The predicted octanol–water partition coefficient (Wildman–Crippen LogP) is 2.17. The number of aromatic amines is 1. The van der Waals surface area contributed by atoms with Crippen LogP contribution < -0.4 is 10.5 Å². The van der Waals surface area contributed by atoms with Crippen LogP contribution in [-0.4, -0.2) is 31.3 Å². The molecule has 0 spiro atoms. The second-order valence-corrected chi connectivity index (χ2v) is 4.74. The molecule has 0 saturated carbocycles. The van der Waals surface area contributed by atoms with E-state index in [1.807, 2.05) is 0 Å². The standard InChI is InChI=1S/C14H9F3N6O2/c15-14(16,17)9-4-5-19-13(20-9)25-8-3-1-2-7(6-8)10-11(12(18)24)22-23-21-10/h1-6H,(H2,18,24)(H,21,22,23). The number of nitrogens with one attached hydrogen (secondary N) is 1. The molecule has 11 heteroatoms. The Kier molecular flexibility index (Phi) is 4.05. The van der Waals surface area contributed by atoms with E-state index < -0.39 is 23.8 Å². The van der Waals surface area contributed by atoms with Gasteiger partial charge >= 0.3 is 12.2 Å². The summed E-state index contributed by atoms with van der Waals surface area (Å²) in [5.41, 5.74) is 4.60. The molecular formula is C14H9F3N6O2. The van der Waals surface area contributed by atoms with Crippen LogP contribution in [-0.2, 0) is 6.18 Å². The van der Waals surface area contributed by atoms with Gasteiger partial charge in [0.2, 0.25) is 0 Å². The van der Waals surface area contributed by atoms with Crippen molar-refractivity contribution in [2.75, 3.05) is 0 Å². The highest BCUT2D eigenvalue weighted by atomic mass is 19.4. The van der Waals surface area contributed by atoms with Gasteiger partial charge in [-0.25, -0.2) is 4.98 Å². The number of aromatic nitrogens is 5. The third kappa shape index (κ3) is 3.54. The lowest BCUT2D eigenvalue weighted by molar-refractivity contribution is -0.141. The Labute approximate surface area is 137 Å². The first-order valence-corrected chi connectivity index (χ1v) is 6.73. The van der Waals surface area contributed by atoms with Gasteiger partial charge in [0.1, 0.15) is 11.4 Å². The molecule has 1 aromatic carbocycles. The maximum Gasteiger partial charge on any atom is 0.433 e. The minimum atomic E-state index is -4.61. The van der Waals surface area contributed by atoms with E-state index in [2.05, 4.69) is 25.4 Å². The minimum absolute atomic E-state index is 0.0764. The van der Waals surface area contributed by atoms with Gasteiger partial charge in [-0.2, -0.15) is 33.6 Å². The minimum Gasteiger partial charge on any atom is -0.424 e. The Balaban J connectivity index is 1.90. The summed E-state index contributed by atoms with van der Waals surface area (Å²) in [6, 6.07) is 6.34. The molecule has 0 aliphatic heterocycles. The molecule has 25 heavy (non-hydrogen) atoms. The number of hydrogen-bond acceptors (Lipinski definition) is 6. The summed E-state index contributed by atoms with van der Waals surface area (Å²) >= 11 is 0. The molecule has 3 N–H and O–H groups in total. The number of nitrogens with two attached hydrogens (primary N) is 1. The smallest absolute Gasteiger partial charge is 0.424 e. The molecule has 0 aliphatic carbocycles. The molecule has 0 unspecified atom stereocenters. The van der Waals surface area contributed by atoms with Crippen LogP contribution in [0.5, 0.6) is 11.8 Å². The van der Waals surface area contributed by atoms with Crippen LogP contribution in [0.1, 0.15) is 16.2 Å². The summed E-state index contributed by atoms with van der Waals surface area (Å²) in [6.45, 7) is 0. The fourth-order valence-electron chi connectivity index (χ4n) is 1.96. The van der Waals surface area contributed by atoms with E-state index in [0.29, 0.717) is 5.56 Å². The van der Waals surface area contributed by atoms with Crippen molar-refractivity contribution in [2.45, 2.75) is 6.18 Å². The van der Waals surface area contributed by atoms with E-state index in [-0.39, 0.29) is 17.1 Å². The lowest BCUT2D eigenvalue weighted by Crippen LogP contribution is -2.12. The molecule has 2 heterocycles. The highest BCUT2D eigenvalue weighted by molar-refractivity contribution is 5.96. The second-order valence-electron chi connectivity index (χ2n) is 4.74. The fourth-order valence-corrected chi connectivity index (χ4v) is 1.96. The Morgan fingerprint density at radius 2 is 2.00 bits per heavy atom. The summed E-state index contributed by atoms with van der Waals surface area (Å²) in [5, 5.41) is 9.75. The van der Waals surface area contributed by atoms with Crippen LogP contribution in [0.15, 0.2) is 36.5 Å². The summed E-state index contributed by atoms with van der Waals surface area (Å²) in [4.78, 5) is 18.3. The molecule has 2 aromatic heterocycles. The van der Waals surface area contributed by atoms with Gasteiger partial charge in [-0.1, -0.05) is 12.1 Å². The van der Waals surface area contributed by atoms with Gasteiger partial charge < -0.3 is 10.5 Å². The van der Waals surface area contributed by atoms with Crippen molar-refractivity contribution in [1.82, 2.24) is 25.4 Å². The number of H-pyrrole nitrogens is 1. The SMILES string of the molecule is NC(=O)c1n[nH]nc1-c1cccc(Oc2nccc(C(F)(F)F)n2)c1. The summed E-state index contributed by atoms with van der Waals surface area (Å²) < 4.78 is 43.3. The van der Waals surface area contributed by atoms with Crippen molar-refractivity contribution < 1.29 is 22.7 Å². The number of alkyl halides is 3. The van der Waals surface area contributed by atoms with Crippen molar-refractivity contribution in [3.05, 3.63) is 47.9 Å². The van der Waals surface area contributed by atoms with Crippen molar-refractivity contribution in [2.24, 2.45) is 5.73 Å². The number of primary amides is 1. The Morgan fingerprint density at radius 1 is 1.20 bits per heavy atom. The third-order valence-corrected chi connectivity index (χ3v) is 3.02. The van der Waals surface area contributed by atoms with E-state index in [0.717, 1.165) is 12.3 Å². The highest BCUT2D eigenvalue weighted by Crippen LogP contribution is 2.30. The van der Waals surface area contributed by atoms with Crippen molar-refractivity contribution in [1.29, 1.82) is 0 Å². The van der Waals surface area contributed by atoms with Crippen LogP contribution in [0.25, 0.3) is 11.3 Å². The van der Waals surface area contributed by atoms with E-state index in [9.17, 15) is 18.0 Å². The van der Waals surface area contributed by atoms with Gasteiger partial charge in [-0.3, -0.25) is 4.79 Å². The van der Waals surface area contributed by atoms with E-state index in [1.54, 1.807) is 12.1 Å². The van der Waals surface area contributed by atoms with Crippen LogP contribution >= 0.6 is 0 Å². The van der Waals surface area contributed by atoms with E-state index in [4.69, 9.17) is 10.5 Å². The molecule has 128 valence electrons. The van der Waals surface area contributed by atoms with Crippen molar-refractivity contribution >= 4 is 5.91 Å². The molecule has 3 aromatic rings. The number of rotatable bonds is 4. The maximum atomic E-state index is 12.7. The maximum absolute atomic E-state index is 12.7. The Hall–Kier alpha value is -3.50. The molecule has 0 aliphatic rings. The first-order valence-electron chi connectivity index (χ1n) is 6.73. The van der Waals surface area contributed by atoms with Gasteiger partial charge in [0.05, 0.1) is 0 Å². The molecular weight excluding hydrogens is 341 g/mol. The molecule has 0 atom stereocenters.